The maximum Gasteiger partial charge on any atom is 0.340 e. The first-order chi connectivity index (χ1) is 16.3. The van der Waals surface area contributed by atoms with Gasteiger partial charge >= 0.3 is 5.97 Å². The van der Waals surface area contributed by atoms with Crippen LogP contribution in [0, 0.1) is 10.1 Å². The van der Waals surface area contributed by atoms with E-state index in [-0.39, 0.29) is 29.5 Å². The van der Waals surface area contributed by atoms with Crippen molar-refractivity contribution in [3.8, 4) is 5.75 Å². The lowest BCUT2D eigenvalue weighted by atomic mass is 9.77. The number of nitrogens with zero attached hydrogens (tertiary/aromatic N) is 1. The van der Waals surface area contributed by atoms with Crippen molar-refractivity contribution in [1.29, 1.82) is 0 Å². The highest BCUT2D eigenvalue weighted by atomic mass is 79.9. The van der Waals surface area contributed by atoms with E-state index >= 15 is 0 Å². The van der Waals surface area contributed by atoms with Crippen molar-refractivity contribution < 1.29 is 28.7 Å². The Kier molecular flexibility index (Phi) is 6.69. The number of nitro benzene ring substituents is 1. The number of nitro groups is 1. The third kappa shape index (κ3) is 4.54. The van der Waals surface area contributed by atoms with Crippen LogP contribution in [0.5, 0.6) is 5.75 Å². The van der Waals surface area contributed by atoms with Gasteiger partial charge in [0.05, 0.1) is 18.0 Å². The summed E-state index contributed by atoms with van der Waals surface area (Å²) in [6.45, 7) is 0.0339. The molecule has 0 fully saturated rings. The molecule has 10 heteroatoms. The summed E-state index contributed by atoms with van der Waals surface area (Å²) in [5.74, 6) is -0.977. The Morgan fingerprint density at radius 2 is 2.06 bits per heavy atom. The quantitative estimate of drug-likeness (QED) is 0.331. The summed E-state index contributed by atoms with van der Waals surface area (Å²) in [5.41, 5.74) is 7.58. The molecule has 176 valence electrons. The third-order valence-corrected chi connectivity index (χ3v) is 6.18. The highest BCUT2D eigenvalue weighted by molar-refractivity contribution is 9.10. The molecule has 0 radical (unpaired) electrons. The molecule has 4 rings (SSSR count). The molecule has 0 saturated carbocycles. The number of rotatable bonds is 6. The summed E-state index contributed by atoms with van der Waals surface area (Å²) in [4.78, 5) is 36.3. The Labute approximate surface area is 203 Å². The highest BCUT2D eigenvalue weighted by Gasteiger charge is 2.42. The lowest BCUT2D eigenvalue weighted by molar-refractivity contribution is -0.384. The van der Waals surface area contributed by atoms with Crippen LogP contribution in [-0.2, 0) is 25.7 Å². The molecule has 9 nitrogen and oxygen atoms in total. The lowest BCUT2D eigenvalue weighted by Crippen LogP contribution is -2.31. The number of halogens is 1. The van der Waals surface area contributed by atoms with Crippen molar-refractivity contribution in [2.75, 3.05) is 7.11 Å². The van der Waals surface area contributed by atoms with E-state index in [4.69, 9.17) is 19.9 Å². The van der Waals surface area contributed by atoms with Crippen molar-refractivity contribution in [3.63, 3.8) is 0 Å². The van der Waals surface area contributed by atoms with Crippen LogP contribution in [0.3, 0.4) is 0 Å². The predicted molar refractivity (Wildman–Crippen MR) is 125 cm³/mol. The van der Waals surface area contributed by atoms with Gasteiger partial charge in [-0.1, -0.05) is 28.1 Å². The monoisotopic (exact) mass is 528 g/mol. The molecule has 2 aromatic carbocycles. The molecular formula is C24H21BrN2O7. The number of Topliss-reactive ketones (excluding diaryl/α,β-unsaturated/α-hetero) is 1. The fourth-order valence-electron chi connectivity index (χ4n) is 4.17. The maximum absolute atomic E-state index is 13.0. The number of esters is 1. The van der Waals surface area contributed by atoms with E-state index in [2.05, 4.69) is 15.9 Å². The molecule has 2 N–H and O–H groups in total. The van der Waals surface area contributed by atoms with Crippen molar-refractivity contribution in [2.24, 2.45) is 5.73 Å². The summed E-state index contributed by atoms with van der Waals surface area (Å²) >= 11 is 3.45. The molecule has 1 atom stereocenters. The van der Waals surface area contributed by atoms with Crippen LogP contribution in [0.2, 0.25) is 0 Å². The lowest BCUT2D eigenvalue weighted by Gasteiger charge is -2.33. The largest absolute Gasteiger partial charge is 0.489 e. The fourth-order valence-corrected chi connectivity index (χ4v) is 4.55. The first-order valence-corrected chi connectivity index (χ1v) is 11.3. The van der Waals surface area contributed by atoms with Crippen molar-refractivity contribution in [1.82, 2.24) is 0 Å². The summed E-state index contributed by atoms with van der Waals surface area (Å²) in [6, 6.07) is 11.3. The molecule has 2 aromatic rings. The summed E-state index contributed by atoms with van der Waals surface area (Å²) < 4.78 is 17.4. The number of nitrogens with two attached hydrogens (primary N) is 1. The number of ketones is 1. The van der Waals surface area contributed by atoms with Crippen LogP contribution in [0.15, 0.2) is 69.7 Å². The highest BCUT2D eigenvalue weighted by Crippen LogP contribution is 2.47. The Balaban J connectivity index is 1.79. The van der Waals surface area contributed by atoms with Gasteiger partial charge in [-0.25, -0.2) is 4.79 Å². The molecule has 0 saturated heterocycles. The minimum atomic E-state index is -0.846. The molecule has 0 unspecified atom stereocenters. The van der Waals surface area contributed by atoms with Gasteiger partial charge in [-0.15, -0.1) is 0 Å². The molecule has 1 heterocycles. The van der Waals surface area contributed by atoms with Crippen LogP contribution in [-0.4, -0.2) is 23.8 Å². The number of methoxy groups -OCH3 is 1. The van der Waals surface area contributed by atoms with Gasteiger partial charge in [-0.2, -0.15) is 0 Å². The average Bonchev–Trinajstić information content (AvgIpc) is 2.82. The molecule has 0 amide bonds. The number of hydrogen-bond donors (Lipinski definition) is 1. The van der Waals surface area contributed by atoms with Gasteiger partial charge in [-0.05, 0) is 30.2 Å². The van der Waals surface area contributed by atoms with Crippen LogP contribution in [0.25, 0.3) is 0 Å². The van der Waals surface area contributed by atoms with E-state index in [1.807, 2.05) is 0 Å². The number of ether oxygens (including phenoxy) is 3. The number of non-ortho nitro benzene ring substituents is 1. The zero-order valence-electron chi connectivity index (χ0n) is 18.2. The Morgan fingerprint density at radius 1 is 1.26 bits per heavy atom. The van der Waals surface area contributed by atoms with Gasteiger partial charge in [0.1, 0.15) is 23.7 Å². The number of hydrogen-bond acceptors (Lipinski definition) is 8. The van der Waals surface area contributed by atoms with Crippen LogP contribution in [0.1, 0.15) is 36.3 Å². The molecular weight excluding hydrogens is 508 g/mol. The average molecular weight is 529 g/mol. The minimum absolute atomic E-state index is 0.0230. The summed E-state index contributed by atoms with van der Waals surface area (Å²) in [7, 11) is 1.23. The molecule has 2 aliphatic rings. The Bertz CT molecular complexity index is 1250. The van der Waals surface area contributed by atoms with Crippen LogP contribution < -0.4 is 10.5 Å². The van der Waals surface area contributed by atoms with Crippen LogP contribution >= 0.6 is 15.9 Å². The second-order valence-electron chi connectivity index (χ2n) is 7.82. The van der Waals surface area contributed by atoms with Gasteiger partial charge in [0.15, 0.2) is 5.78 Å². The van der Waals surface area contributed by atoms with E-state index in [1.54, 1.807) is 30.3 Å². The van der Waals surface area contributed by atoms with E-state index in [0.29, 0.717) is 51.9 Å². The number of allylic oxidation sites excluding steroid dienone is 2. The third-order valence-electron chi connectivity index (χ3n) is 5.69. The topological polar surface area (TPSA) is 131 Å². The number of carbonyl (C=O) groups excluding carboxylic acids is 2. The fraction of sp³-hybridized carbons (Fsp3) is 0.250. The molecule has 0 spiro atoms. The Morgan fingerprint density at radius 3 is 2.79 bits per heavy atom. The molecule has 0 aromatic heterocycles. The molecule has 1 aliphatic carbocycles. The normalized spacial score (nSPS) is 17.7. The summed E-state index contributed by atoms with van der Waals surface area (Å²) in [5, 5.41) is 11.1. The zero-order chi connectivity index (χ0) is 24.4. The number of benzene rings is 2. The second-order valence-corrected chi connectivity index (χ2v) is 8.73. The molecule has 34 heavy (non-hydrogen) atoms. The molecule has 0 bridgehead atoms. The van der Waals surface area contributed by atoms with Gasteiger partial charge < -0.3 is 19.9 Å². The smallest absolute Gasteiger partial charge is 0.340 e. The second kappa shape index (κ2) is 9.68. The first-order valence-electron chi connectivity index (χ1n) is 10.5. The molecule has 1 aliphatic heterocycles. The standard InChI is InChI=1S/C24H21BrN2O7/c1-32-24(29)22-20(21-17(28)6-3-7-19(21)34-23(22)26)16-11-14(25)8-9-18(16)33-12-13-4-2-5-15(10-13)27(30)31/h2,4-5,8-11,20H,3,6-7,12,26H2,1H3/t20-/m1/s1. The first kappa shape index (κ1) is 23.5. The van der Waals surface area contributed by atoms with E-state index in [9.17, 15) is 19.7 Å². The van der Waals surface area contributed by atoms with E-state index in [0.717, 1.165) is 0 Å². The van der Waals surface area contributed by atoms with Gasteiger partial charge in [-0.3, -0.25) is 14.9 Å². The Hall–Kier alpha value is -3.66. The van der Waals surface area contributed by atoms with E-state index in [1.165, 1.54) is 19.2 Å². The van der Waals surface area contributed by atoms with Crippen molar-refractivity contribution in [2.45, 2.75) is 31.8 Å². The maximum atomic E-state index is 13.0. The van der Waals surface area contributed by atoms with Gasteiger partial charge in [0.2, 0.25) is 5.88 Å². The van der Waals surface area contributed by atoms with Crippen LogP contribution in [0.4, 0.5) is 5.69 Å². The van der Waals surface area contributed by atoms with Gasteiger partial charge in [0, 0.05) is 40.6 Å². The van der Waals surface area contributed by atoms with Crippen molar-refractivity contribution in [3.05, 3.63) is 91.0 Å². The van der Waals surface area contributed by atoms with E-state index < -0.39 is 16.8 Å². The minimum Gasteiger partial charge on any atom is -0.489 e. The van der Waals surface area contributed by atoms with Crippen molar-refractivity contribution >= 4 is 33.4 Å². The number of carbonyl (C=O) groups is 2. The zero-order valence-corrected chi connectivity index (χ0v) is 19.8. The SMILES string of the molecule is COC(=O)C1=C(N)OC2=C(C(=O)CCC2)[C@H]1c1cc(Br)ccc1OCc1cccc([N+](=O)[O-])c1. The summed E-state index contributed by atoms with van der Waals surface area (Å²) in [6.07, 6.45) is 1.47. The van der Waals surface area contributed by atoms with Gasteiger partial charge in [0.25, 0.3) is 5.69 Å². The predicted octanol–water partition coefficient (Wildman–Crippen LogP) is 4.40.